The van der Waals surface area contributed by atoms with E-state index in [-0.39, 0.29) is 0 Å². The van der Waals surface area contributed by atoms with Crippen molar-refractivity contribution >= 4 is 10.8 Å². The maximum absolute atomic E-state index is 4.50. The van der Waals surface area contributed by atoms with Crippen molar-refractivity contribution in [3.63, 3.8) is 0 Å². The number of nitrogens with zero attached hydrogens (tertiary/aromatic N) is 3. The van der Waals surface area contributed by atoms with Gasteiger partial charge in [0.05, 0.1) is 22.8 Å². The van der Waals surface area contributed by atoms with E-state index >= 15 is 0 Å². The molecule has 3 nitrogen and oxygen atoms in total. The van der Waals surface area contributed by atoms with Crippen molar-refractivity contribution in [2.24, 2.45) is 7.05 Å². The van der Waals surface area contributed by atoms with Gasteiger partial charge in [0.1, 0.15) is 7.05 Å². The van der Waals surface area contributed by atoms with E-state index in [0.29, 0.717) is 0 Å². The Labute approximate surface area is 154 Å². The number of hydrogen-bond acceptors (Lipinski definition) is 2. The number of rotatable bonds is 2. The lowest BCUT2D eigenvalue weighted by Crippen LogP contribution is -2.31. The number of pyridine rings is 1. The molecule has 128 valence electrons. The number of aromatic nitrogens is 3. The summed E-state index contributed by atoms with van der Waals surface area (Å²) in [5.41, 5.74) is 8.45. The Morgan fingerprint density at radius 3 is 2.50 bits per heavy atom. The first-order valence-corrected chi connectivity index (χ1v) is 8.82. The molecule has 3 heteroatoms. The van der Waals surface area contributed by atoms with Gasteiger partial charge in [-0.2, -0.15) is 0 Å². The number of fused-ring (bicyclic) bond motifs is 1. The van der Waals surface area contributed by atoms with Crippen LogP contribution in [0.2, 0.25) is 0 Å². The van der Waals surface area contributed by atoms with Crippen molar-refractivity contribution in [1.29, 1.82) is 0 Å². The topological polar surface area (TPSA) is 29.7 Å². The lowest BCUT2D eigenvalue weighted by Gasteiger charge is -2.12. The van der Waals surface area contributed by atoms with Crippen LogP contribution in [0.25, 0.3) is 33.3 Å². The average molecular weight is 340 g/mol. The molecule has 0 unspecified atom stereocenters. The largest absolute Gasteiger partial charge is 0.261 e. The Balaban J connectivity index is 2.08. The van der Waals surface area contributed by atoms with Gasteiger partial charge in [-0.05, 0) is 44.0 Å². The molecule has 4 aromatic rings. The first kappa shape index (κ1) is 16.4. The normalized spacial score (nSPS) is 11.1. The zero-order valence-corrected chi connectivity index (χ0v) is 15.6. The van der Waals surface area contributed by atoms with Crippen LogP contribution in [0.5, 0.6) is 0 Å². The maximum atomic E-state index is 4.50. The van der Waals surface area contributed by atoms with Crippen LogP contribution in [0.1, 0.15) is 16.7 Å². The van der Waals surface area contributed by atoms with Crippen LogP contribution in [-0.2, 0) is 7.05 Å². The minimum atomic E-state index is 0.898. The summed E-state index contributed by atoms with van der Waals surface area (Å²) in [6, 6.07) is 13.1. The minimum absolute atomic E-state index is 0.898. The van der Waals surface area contributed by atoms with E-state index in [1.807, 2.05) is 6.20 Å². The monoisotopic (exact) mass is 340 g/mol. The summed E-state index contributed by atoms with van der Waals surface area (Å²) >= 11 is 0. The van der Waals surface area contributed by atoms with E-state index in [0.717, 1.165) is 11.3 Å². The van der Waals surface area contributed by atoms with Crippen molar-refractivity contribution in [3.05, 3.63) is 77.9 Å². The summed E-state index contributed by atoms with van der Waals surface area (Å²) in [4.78, 5) is 8.74. The van der Waals surface area contributed by atoms with Crippen LogP contribution >= 0.6 is 0 Å². The highest BCUT2D eigenvalue weighted by atomic mass is 14.9. The Kier molecular flexibility index (Phi) is 4.00. The molecule has 0 fully saturated rings. The van der Waals surface area contributed by atoms with Crippen LogP contribution in [0.3, 0.4) is 0 Å². The SMILES string of the molecule is Cc1cc(C)c(C)c(-c2c3cccc(-c4cnccn4)c3cc[n+]2C)c1. The molecule has 4 rings (SSSR count). The van der Waals surface area contributed by atoms with Gasteiger partial charge in [0.15, 0.2) is 6.20 Å². The zero-order chi connectivity index (χ0) is 18.3. The molecule has 0 aliphatic carbocycles. The third-order valence-electron chi connectivity index (χ3n) is 5.08. The lowest BCUT2D eigenvalue weighted by atomic mass is 9.93. The fourth-order valence-corrected chi connectivity index (χ4v) is 3.68. The summed E-state index contributed by atoms with van der Waals surface area (Å²) in [7, 11) is 2.11. The minimum Gasteiger partial charge on any atom is -0.261 e. The molecule has 2 aromatic heterocycles. The third-order valence-corrected chi connectivity index (χ3v) is 5.08. The van der Waals surface area contributed by atoms with Gasteiger partial charge < -0.3 is 0 Å². The fourth-order valence-electron chi connectivity index (χ4n) is 3.68. The predicted molar refractivity (Wildman–Crippen MR) is 106 cm³/mol. The summed E-state index contributed by atoms with van der Waals surface area (Å²) < 4.78 is 2.21. The summed E-state index contributed by atoms with van der Waals surface area (Å²) in [5.74, 6) is 0. The first-order chi connectivity index (χ1) is 12.6. The van der Waals surface area contributed by atoms with E-state index < -0.39 is 0 Å². The highest BCUT2D eigenvalue weighted by molar-refractivity contribution is 6.01. The molecular formula is C23H22N3+. The zero-order valence-electron chi connectivity index (χ0n) is 15.6. The molecule has 0 aliphatic rings. The van der Waals surface area contributed by atoms with Crippen molar-refractivity contribution in [1.82, 2.24) is 9.97 Å². The van der Waals surface area contributed by atoms with Crippen LogP contribution in [0.4, 0.5) is 0 Å². The summed E-state index contributed by atoms with van der Waals surface area (Å²) in [6.07, 6.45) is 7.41. The molecule has 0 N–H and O–H groups in total. The van der Waals surface area contributed by atoms with E-state index in [1.54, 1.807) is 12.4 Å². The van der Waals surface area contributed by atoms with Crippen LogP contribution in [0.15, 0.2) is 61.2 Å². The van der Waals surface area contributed by atoms with Crippen molar-refractivity contribution in [2.45, 2.75) is 20.8 Å². The Morgan fingerprint density at radius 1 is 0.885 bits per heavy atom. The van der Waals surface area contributed by atoms with E-state index in [1.165, 1.54) is 38.7 Å². The van der Waals surface area contributed by atoms with E-state index in [4.69, 9.17) is 0 Å². The van der Waals surface area contributed by atoms with Crippen LogP contribution < -0.4 is 4.57 Å². The van der Waals surface area contributed by atoms with Gasteiger partial charge in [-0.25, -0.2) is 4.57 Å². The van der Waals surface area contributed by atoms with Gasteiger partial charge in [0.25, 0.3) is 0 Å². The molecule has 0 spiro atoms. The molecular weight excluding hydrogens is 318 g/mol. The second kappa shape index (κ2) is 6.34. The predicted octanol–water partition coefficient (Wildman–Crippen LogP) is 4.71. The molecule has 2 heterocycles. The quantitative estimate of drug-likeness (QED) is 0.495. The smallest absolute Gasteiger partial charge is 0.220 e. The molecule has 0 aliphatic heterocycles. The van der Waals surface area contributed by atoms with Crippen molar-refractivity contribution in [3.8, 4) is 22.5 Å². The van der Waals surface area contributed by atoms with E-state index in [9.17, 15) is 0 Å². The summed E-state index contributed by atoms with van der Waals surface area (Å²) in [6.45, 7) is 6.55. The van der Waals surface area contributed by atoms with Crippen molar-refractivity contribution < 1.29 is 4.57 Å². The molecule has 26 heavy (non-hydrogen) atoms. The van der Waals surface area contributed by atoms with Crippen LogP contribution in [-0.4, -0.2) is 9.97 Å². The van der Waals surface area contributed by atoms with Gasteiger partial charge in [-0.3, -0.25) is 9.97 Å². The maximum Gasteiger partial charge on any atom is 0.220 e. The lowest BCUT2D eigenvalue weighted by molar-refractivity contribution is -0.659. The molecule has 0 amide bonds. The van der Waals surface area contributed by atoms with E-state index in [2.05, 4.69) is 84.9 Å². The Hall–Kier alpha value is -3.07. The molecule has 0 bridgehead atoms. The number of aryl methyl sites for hydroxylation is 3. The molecule has 0 atom stereocenters. The number of benzene rings is 2. The Bertz CT molecular complexity index is 1120. The molecule has 0 radical (unpaired) electrons. The average Bonchev–Trinajstić information content (AvgIpc) is 2.65. The third kappa shape index (κ3) is 2.66. The van der Waals surface area contributed by atoms with Gasteiger partial charge in [0.2, 0.25) is 5.69 Å². The highest BCUT2D eigenvalue weighted by Crippen LogP contribution is 2.34. The standard InChI is InChI=1S/C23H22N3/c1-15-12-16(2)17(3)21(13-15)23-20-7-5-6-19(18(20)8-11-26(23)4)22-14-24-9-10-25-22/h5-14H,1-4H3/q+1. The number of hydrogen-bond donors (Lipinski definition) is 0. The van der Waals surface area contributed by atoms with Gasteiger partial charge >= 0.3 is 0 Å². The second-order valence-electron chi connectivity index (χ2n) is 6.89. The molecule has 2 aromatic carbocycles. The molecule has 0 saturated heterocycles. The first-order valence-electron chi connectivity index (χ1n) is 8.82. The Morgan fingerprint density at radius 2 is 1.73 bits per heavy atom. The molecule has 0 saturated carbocycles. The van der Waals surface area contributed by atoms with Gasteiger partial charge in [-0.15, -0.1) is 0 Å². The van der Waals surface area contributed by atoms with Crippen LogP contribution in [0, 0.1) is 20.8 Å². The van der Waals surface area contributed by atoms with Crippen molar-refractivity contribution in [2.75, 3.05) is 0 Å². The van der Waals surface area contributed by atoms with Gasteiger partial charge in [0, 0.05) is 29.4 Å². The second-order valence-corrected chi connectivity index (χ2v) is 6.89. The fraction of sp³-hybridized carbons (Fsp3) is 0.174. The highest BCUT2D eigenvalue weighted by Gasteiger charge is 2.20. The van der Waals surface area contributed by atoms with Gasteiger partial charge in [-0.1, -0.05) is 23.8 Å². The summed E-state index contributed by atoms with van der Waals surface area (Å²) in [5, 5.41) is 2.42.